The van der Waals surface area contributed by atoms with Crippen molar-refractivity contribution in [3.63, 3.8) is 0 Å². The Hall–Kier alpha value is -1.22. The molecule has 0 radical (unpaired) electrons. The predicted octanol–water partition coefficient (Wildman–Crippen LogP) is 2.45. The highest BCUT2D eigenvalue weighted by Gasteiger charge is 2.23. The maximum atomic E-state index is 13.0. The van der Waals surface area contributed by atoms with Gasteiger partial charge in [-0.15, -0.1) is 0 Å². The molecule has 0 aromatic heterocycles. The second kappa shape index (κ2) is 4.33. The van der Waals surface area contributed by atoms with E-state index in [0.717, 1.165) is 6.92 Å². The molecule has 0 aliphatic rings. The number of hydrogen-bond acceptors (Lipinski definition) is 2. The lowest BCUT2D eigenvalue weighted by atomic mass is 10.1. The first kappa shape index (κ1) is 10.9. The third kappa shape index (κ3) is 2.39. The topological polar surface area (TPSA) is 34.1 Å². The highest BCUT2D eigenvalue weighted by atomic mass is 35.5. The smallest absolute Gasteiger partial charge is 0.220 e. The molecule has 0 saturated heterocycles. The summed E-state index contributed by atoms with van der Waals surface area (Å²) in [5.41, 5.74) is 0.111. The fourth-order valence-corrected chi connectivity index (χ4v) is 1.16. The molecule has 0 fully saturated rings. The van der Waals surface area contributed by atoms with Crippen molar-refractivity contribution in [2.45, 2.75) is 13.1 Å². The van der Waals surface area contributed by atoms with E-state index in [4.69, 9.17) is 11.6 Å². The van der Waals surface area contributed by atoms with Crippen LogP contribution in [0.3, 0.4) is 0 Å². The molecule has 1 aromatic carbocycles. The van der Waals surface area contributed by atoms with E-state index in [9.17, 15) is 14.0 Å². The molecule has 0 aliphatic carbocycles. The molecule has 4 heteroatoms. The van der Waals surface area contributed by atoms with Crippen molar-refractivity contribution in [1.29, 1.82) is 0 Å². The molecule has 0 aliphatic heterocycles. The van der Waals surface area contributed by atoms with Crippen LogP contribution in [-0.4, -0.2) is 17.7 Å². The van der Waals surface area contributed by atoms with E-state index in [1.807, 2.05) is 0 Å². The largest absolute Gasteiger partial charge is 0.296 e. The van der Waals surface area contributed by atoms with Crippen molar-refractivity contribution in [2.24, 2.45) is 0 Å². The van der Waals surface area contributed by atoms with Crippen molar-refractivity contribution in [1.82, 2.24) is 0 Å². The molecule has 74 valence electrons. The number of rotatable bonds is 3. The minimum atomic E-state index is -2.09. The zero-order valence-corrected chi connectivity index (χ0v) is 8.22. The van der Waals surface area contributed by atoms with Crippen LogP contribution in [0.4, 0.5) is 4.39 Å². The quantitative estimate of drug-likeness (QED) is 0.572. The van der Waals surface area contributed by atoms with Crippen molar-refractivity contribution >= 4 is 23.2 Å². The van der Waals surface area contributed by atoms with Crippen LogP contribution in [0.25, 0.3) is 0 Å². The standard InChI is InChI=1S/C10H8ClFO2/c1-6(13)9(12)10(14)7-3-2-4-8(11)5-7/h2-5,9H,1H3. The van der Waals surface area contributed by atoms with Gasteiger partial charge in [0.05, 0.1) is 0 Å². The first-order chi connectivity index (χ1) is 6.52. The number of hydrogen-bond donors (Lipinski definition) is 0. The maximum absolute atomic E-state index is 13.0. The van der Waals surface area contributed by atoms with Crippen molar-refractivity contribution in [3.8, 4) is 0 Å². The van der Waals surface area contributed by atoms with Gasteiger partial charge in [0.2, 0.25) is 12.0 Å². The van der Waals surface area contributed by atoms with E-state index in [2.05, 4.69) is 0 Å². The molecule has 1 atom stereocenters. The molecule has 0 N–H and O–H groups in total. The average Bonchev–Trinajstić information content (AvgIpc) is 2.15. The van der Waals surface area contributed by atoms with Crippen LogP contribution in [-0.2, 0) is 4.79 Å². The van der Waals surface area contributed by atoms with Gasteiger partial charge in [0.25, 0.3) is 0 Å². The fraction of sp³-hybridized carbons (Fsp3) is 0.200. The summed E-state index contributed by atoms with van der Waals surface area (Å²) >= 11 is 5.61. The molecule has 14 heavy (non-hydrogen) atoms. The normalized spacial score (nSPS) is 12.2. The fourth-order valence-electron chi connectivity index (χ4n) is 0.973. The van der Waals surface area contributed by atoms with Crippen molar-refractivity contribution in [3.05, 3.63) is 34.9 Å². The van der Waals surface area contributed by atoms with Crippen LogP contribution in [0.2, 0.25) is 5.02 Å². The van der Waals surface area contributed by atoms with E-state index in [1.165, 1.54) is 18.2 Å². The number of benzene rings is 1. The molecule has 0 heterocycles. The summed E-state index contributed by atoms with van der Waals surface area (Å²) in [7, 11) is 0. The number of alkyl halides is 1. The Kier molecular flexibility index (Phi) is 3.36. The Morgan fingerprint density at radius 2 is 2.07 bits per heavy atom. The lowest BCUT2D eigenvalue weighted by Crippen LogP contribution is -2.23. The van der Waals surface area contributed by atoms with E-state index in [0.29, 0.717) is 5.02 Å². The highest BCUT2D eigenvalue weighted by molar-refractivity contribution is 6.31. The summed E-state index contributed by atoms with van der Waals surface area (Å²) < 4.78 is 13.0. The van der Waals surface area contributed by atoms with Gasteiger partial charge in [0, 0.05) is 10.6 Å². The van der Waals surface area contributed by atoms with Gasteiger partial charge in [-0.05, 0) is 19.1 Å². The van der Waals surface area contributed by atoms with Gasteiger partial charge in [-0.25, -0.2) is 4.39 Å². The van der Waals surface area contributed by atoms with Crippen LogP contribution in [0, 0.1) is 0 Å². The summed E-state index contributed by atoms with van der Waals surface area (Å²) in [4.78, 5) is 21.9. The van der Waals surface area contributed by atoms with Crippen LogP contribution >= 0.6 is 11.6 Å². The first-order valence-electron chi connectivity index (χ1n) is 3.96. The Bertz CT molecular complexity index is 376. The van der Waals surface area contributed by atoms with E-state index < -0.39 is 17.7 Å². The predicted molar refractivity (Wildman–Crippen MR) is 51.4 cm³/mol. The van der Waals surface area contributed by atoms with Crippen LogP contribution < -0.4 is 0 Å². The SMILES string of the molecule is CC(=O)C(F)C(=O)c1cccc(Cl)c1. The Morgan fingerprint density at radius 1 is 1.43 bits per heavy atom. The number of ketones is 2. The van der Waals surface area contributed by atoms with Crippen LogP contribution in [0.1, 0.15) is 17.3 Å². The highest BCUT2D eigenvalue weighted by Crippen LogP contribution is 2.13. The zero-order valence-electron chi connectivity index (χ0n) is 7.46. The summed E-state index contributed by atoms with van der Waals surface area (Å²) in [5, 5.41) is 0.339. The van der Waals surface area contributed by atoms with Gasteiger partial charge in [-0.1, -0.05) is 23.7 Å². The second-order valence-electron chi connectivity index (χ2n) is 2.85. The summed E-state index contributed by atoms with van der Waals surface area (Å²) in [6, 6.07) is 5.85. The van der Waals surface area contributed by atoms with E-state index in [1.54, 1.807) is 6.07 Å². The maximum Gasteiger partial charge on any atom is 0.220 e. The average molecular weight is 215 g/mol. The van der Waals surface area contributed by atoms with Gasteiger partial charge < -0.3 is 0 Å². The van der Waals surface area contributed by atoms with Crippen LogP contribution in [0.15, 0.2) is 24.3 Å². The summed E-state index contributed by atoms with van der Waals surface area (Å²) in [6.45, 7) is 1.03. The lowest BCUT2D eigenvalue weighted by Gasteiger charge is -2.03. The minimum absolute atomic E-state index is 0.111. The Balaban J connectivity index is 2.95. The molecular weight excluding hydrogens is 207 g/mol. The van der Waals surface area contributed by atoms with Gasteiger partial charge in [-0.2, -0.15) is 0 Å². The lowest BCUT2D eigenvalue weighted by molar-refractivity contribution is -0.120. The van der Waals surface area contributed by atoms with Gasteiger partial charge in [0.1, 0.15) is 0 Å². The molecule has 0 amide bonds. The Morgan fingerprint density at radius 3 is 2.57 bits per heavy atom. The summed E-state index contributed by atoms with van der Waals surface area (Å²) in [5.74, 6) is -1.64. The van der Waals surface area contributed by atoms with Gasteiger partial charge >= 0.3 is 0 Å². The number of carbonyl (C=O) groups is 2. The number of carbonyl (C=O) groups excluding carboxylic acids is 2. The number of halogens is 2. The third-order valence-corrected chi connectivity index (χ3v) is 1.93. The monoisotopic (exact) mass is 214 g/mol. The van der Waals surface area contributed by atoms with Gasteiger partial charge in [-0.3, -0.25) is 9.59 Å². The molecule has 1 unspecified atom stereocenters. The molecule has 0 spiro atoms. The molecule has 2 nitrogen and oxygen atoms in total. The summed E-state index contributed by atoms with van der Waals surface area (Å²) in [6.07, 6.45) is -2.09. The van der Waals surface area contributed by atoms with Crippen molar-refractivity contribution < 1.29 is 14.0 Å². The third-order valence-electron chi connectivity index (χ3n) is 1.70. The molecule has 0 saturated carbocycles. The van der Waals surface area contributed by atoms with E-state index in [-0.39, 0.29) is 5.56 Å². The van der Waals surface area contributed by atoms with Gasteiger partial charge in [0.15, 0.2) is 5.78 Å². The minimum Gasteiger partial charge on any atom is -0.296 e. The van der Waals surface area contributed by atoms with Crippen molar-refractivity contribution in [2.75, 3.05) is 0 Å². The first-order valence-corrected chi connectivity index (χ1v) is 4.34. The molecular formula is C10H8ClFO2. The van der Waals surface area contributed by atoms with Crippen LogP contribution in [0.5, 0.6) is 0 Å². The molecule has 1 aromatic rings. The number of Topliss-reactive ketones (excluding diaryl/α,β-unsaturated/α-hetero) is 2. The van der Waals surface area contributed by atoms with E-state index >= 15 is 0 Å². The zero-order chi connectivity index (χ0) is 10.7. The second-order valence-corrected chi connectivity index (χ2v) is 3.28. The molecule has 0 bridgehead atoms. The molecule has 1 rings (SSSR count). The Labute approximate surface area is 85.7 Å².